The van der Waals surface area contributed by atoms with Crippen LogP contribution in [0.5, 0.6) is 0 Å². The largest absolute Gasteiger partial charge is 0.299 e. The number of carbonyl (C=O) groups excluding carboxylic acids is 1. The average molecular weight is 235 g/mol. The first-order valence-corrected chi connectivity index (χ1v) is 6.68. The summed E-state index contributed by atoms with van der Waals surface area (Å²) in [6.45, 7) is 12.3. The second-order valence-corrected chi connectivity index (χ2v) is 5.01. The Balaban J connectivity index is 2.53. The van der Waals surface area contributed by atoms with Crippen LogP contribution < -0.4 is 0 Å². The van der Waals surface area contributed by atoms with E-state index in [1.165, 1.54) is 6.42 Å². The number of hydrogen-bond donors (Lipinski definition) is 0. The van der Waals surface area contributed by atoms with Gasteiger partial charge in [0.25, 0.3) is 0 Å². The van der Waals surface area contributed by atoms with Crippen LogP contribution in [0.4, 0.5) is 0 Å². The topological polar surface area (TPSA) is 20.3 Å². The zero-order chi connectivity index (χ0) is 12.7. The Morgan fingerprint density at radius 2 is 2.00 bits per heavy atom. The van der Waals surface area contributed by atoms with Gasteiger partial charge in [0, 0.05) is 32.0 Å². The molecular weight excluding hydrogens is 210 g/mol. The van der Waals surface area contributed by atoms with Gasteiger partial charge in [0.2, 0.25) is 0 Å². The van der Waals surface area contributed by atoms with Crippen LogP contribution in [-0.4, -0.2) is 30.3 Å². The highest BCUT2D eigenvalue weighted by Gasteiger charge is 2.28. The van der Waals surface area contributed by atoms with Gasteiger partial charge in [-0.3, -0.25) is 9.69 Å². The molecule has 0 saturated heterocycles. The SMILES string of the molecule is C=CCN(CC=C)CC1CC(CC)CCC1=O. The van der Waals surface area contributed by atoms with Crippen LogP contribution in [0.1, 0.15) is 32.6 Å². The normalized spacial score (nSPS) is 24.9. The highest BCUT2D eigenvalue weighted by molar-refractivity contribution is 5.81. The lowest BCUT2D eigenvalue weighted by atomic mass is 9.79. The third-order valence-electron chi connectivity index (χ3n) is 3.70. The van der Waals surface area contributed by atoms with E-state index in [-0.39, 0.29) is 5.92 Å². The Labute approximate surface area is 105 Å². The first-order valence-electron chi connectivity index (χ1n) is 6.68. The summed E-state index contributed by atoms with van der Waals surface area (Å²) in [6, 6.07) is 0. The van der Waals surface area contributed by atoms with Crippen molar-refractivity contribution in [3.05, 3.63) is 25.3 Å². The van der Waals surface area contributed by atoms with Gasteiger partial charge in [-0.2, -0.15) is 0 Å². The van der Waals surface area contributed by atoms with Gasteiger partial charge in [-0.25, -0.2) is 0 Å². The van der Waals surface area contributed by atoms with E-state index in [4.69, 9.17) is 0 Å². The molecule has 0 heterocycles. The van der Waals surface area contributed by atoms with Crippen LogP contribution in [0.25, 0.3) is 0 Å². The predicted molar refractivity (Wildman–Crippen MR) is 73.0 cm³/mol. The van der Waals surface area contributed by atoms with Crippen LogP contribution in [0.3, 0.4) is 0 Å². The van der Waals surface area contributed by atoms with Crippen molar-refractivity contribution < 1.29 is 4.79 Å². The molecule has 0 aliphatic heterocycles. The standard InChI is InChI=1S/C15H25NO/c1-4-9-16(10-5-2)12-14-11-13(6-3)7-8-15(14)17/h4-5,13-14H,1-2,6-12H2,3H3. The van der Waals surface area contributed by atoms with Gasteiger partial charge in [-0.05, 0) is 18.8 Å². The maximum atomic E-state index is 11.9. The molecule has 96 valence electrons. The van der Waals surface area contributed by atoms with Crippen molar-refractivity contribution in [2.24, 2.45) is 11.8 Å². The second kappa shape index (κ2) is 7.44. The van der Waals surface area contributed by atoms with E-state index < -0.39 is 0 Å². The lowest BCUT2D eigenvalue weighted by Gasteiger charge is -2.31. The molecule has 0 spiro atoms. The van der Waals surface area contributed by atoms with E-state index in [9.17, 15) is 4.79 Å². The third kappa shape index (κ3) is 4.47. The molecule has 0 N–H and O–H groups in total. The van der Waals surface area contributed by atoms with Crippen LogP contribution >= 0.6 is 0 Å². The molecule has 0 bridgehead atoms. The molecule has 0 aromatic carbocycles. The van der Waals surface area contributed by atoms with Gasteiger partial charge in [0.05, 0.1) is 0 Å². The van der Waals surface area contributed by atoms with Crippen LogP contribution in [0, 0.1) is 11.8 Å². The average Bonchev–Trinajstić information content (AvgIpc) is 2.32. The molecule has 1 aliphatic rings. The number of ketones is 1. The summed E-state index contributed by atoms with van der Waals surface area (Å²) in [7, 11) is 0. The van der Waals surface area contributed by atoms with Crippen LogP contribution in [-0.2, 0) is 4.79 Å². The monoisotopic (exact) mass is 235 g/mol. The maximum Gasteiger partial charge on any atom is 0.137 e. The summed E-state index contributed by atoms with van der Waals surface area (Å²) in [5.74, 6) is 1.42. The van der Waals surface area contributed by atoms with Gasteiger partial charge in [-0.1, -0.05) is 25.5 Å². The van der Waals surface area contributed by atoms with Crippen molar-refractivity contribution in [3.8, 4) is 0 Å². The van der Waals surface area contributed by atoms with Gasteiger partial charge in [0.1, 0.15) is 5.78 Å². The van der Waals surface area contributed by atoms with E-state index in [1.54, 1.807) is 0 Å². The molecule has 0 amide bonds. The molecule has 0 radical (unpaired) electrons. The van der Waals surface area contributed by atoms with Gasteiger partial charge in [-0.15, -0.1) is 13.2 Å². The Morgan fingerprint density at radius 3 is 2.53 bits per heavy atom. The Bertz CT molecular complexity index is 262. The lowest BCUT2D eigenvalue weighted by Crippen LogP contribution is -2.36. The minimum absolute atomic E-state index is 0.230. The quantitative estimate of drug-likeness (QED) is 0.632. The zero-order valence-electron chi connectivity index (χ0n) is 11.0. The summed E-state index contributed by atoms with van der Waals surface area (Å²) in [5, 5.41) is 0. The van der Waals surface area contributed by atoms with Crippen molar-refractivity contribution in [1.29, 1.82) is 0 Å². The van der Waals surface area contributed by atoms with Crippen molar-refractivity contribution in [3.63, 3.8) is 0 Å². The summed E-state index contributed by atoms with van der Waals surface area (Å²) in [5.41, 5.74) is 0. The highest BCUT2D eigenvalue weighted by Crippen LogP contribution is 2.29. The number of nitrogens with zero attached hydrogens (tertiary/aromatic N) is 1. The van der Waals surface area contributed by atoms with Crippen molar-refractivity contribution in [1.82, 2.24) is 4.90 Å². The van der Waals surface area contributed by atoms with Crippen molar-refractivity contribution in [2.45, 2.75) is 32.6 Å². The zero-order valence-corrected chi connectivity index (χ0v) is 11.0. The minimum Gasteiger partial charge on any atom is -0.299 e. The molecule has 1 rings (SSSR count). The Morgan fingerprint density at radius 1 is 1.35 bits per heavy atom. The second-order valence-electron chi connectivity index (χ2n) is 5.01. The Kier molecular flexibility index (Phi) is 6.20. The lowest BCUT2D eigenvalue weighted by molar-refractivity contribution is -0.126. The molecule has 2 unspecified atom stereocenters. The Hall–Kier alpha value is -0.890. The van der Waals surface area contributed by atoms with E-state index in [0.717, 1.165) is 44.8 Å². The number of carbonyl (C=O) groups is 1. The van der Waals surface area contributed by atoms with E-state index in [2.05, 4.69) is 25.0 Å². The van der Waals surface area contributed by atoms with Crippen molar-refractivity contribution in [2.75, 3.05) is 19.6 Å². The van der Waals surface area contributed by atoms with Gasteiger partial charge < -0.3 is 0 Å². The van der Waals surface area contributed by atoms with Gasteiger partial charge >= 0.3 is 0 Å². The number of Topliss-reactive ketones (excluding diaryl/α,β-unsaturated/α-hetero) is 1. The van der Waals surface area contributed by atoms with E-state index in [0.29, 0.717) is 5.78 Å². The summed E-state index contributed by atoms with van der Waals surface area (Å²) >= 11 is 0. The van der Waals surface area contributed by atoms with Gasteiger partial charge in [0.15, 0.2) is 0 Å². The molecule has 2 heteroatoms. The molecule has 2 nitrogen and oxygen atoms in total. The predicted octanol–water partition coefficient (Wildman–Crippen LogP) is 3.06. The minimum atomic E-state index is 0.230. The summed E-state index contributed by atoms with van der Waals surface area (Å²) in [4.78, 5) is 14.2. The molecule has 1 saturated carbocycles. The fourth-order valence-corrected chi connectivity index (χ4v) is 2.65. The fraction of sp³-hybridized carbons (Fsp3) is 0.667. The van der Waals surface area contributed by atoms with Crippen LogP contribution in [0.2, 0.25) is 0 Å². The molecule has 17 heavy (non-hydrogen) atoms. The van der Waals surface area contributed by atoms with Crippen molar-refractivity contribution >= 4 is 5.78 Å². The number of hydrogen-bond acceptors (Lipinski definition) is 2. The molecular formula is C15H25NO. The molecule has 0 aromatic heterocycles. The number of rotatable bonds is 7. The van der Waals surface area contributed by atoms with E-state index in [1.807, 2.05) is 12.2 Å². The molecule has 1 aliphatic carbocycles. The molecule has 2 atom stereocenters. The first kappa shape index (κ1) is 14.2. The highest BCUT2D eigenvalue weighted by atomic mass is 16.1. The maximum absolute atomic E-state index is 11.9. The van der Waals surface area contributed by atoms with E-state index >= 15 is 0 Å². The molecule has 1 fully saturated rings. The molecule has 0 aromatic rings. The smallest absolute Gasteiger partial charge is 0.137 e. The third-order valence-corrected chi connectivity index (χ3v) is 3.70. The first-order chi connectivity index (χ1) is 8.21. The summed E-state index contributed by atoms with van der Waals surface area (Å²) < 4.78 is 0. The van der Waals surface area contributed by atoms with Crippen LogP contribution in [0.15, 0.2) is 25.3 Å². The fourth-order valence-electron chi connectivity index (χ4n) is 2.65. The summed E-state index contributed by atoms with van der Waals surface area (Å²) in [6.07, 6.45) is 7.93.